The van der Waals surface area contributed by atoms with Crippen molar-refractivity contribution in [2.75, 3.05) is 0 Å². The quantitative estimate of drug-likeness (QED) is 0.300. The molecule has 1 aromatic carbocycles. The first kappa shape index (κ1) is 24.3. The molecule has 0 aliphatic rings. The number of hydrogen-bond donors (Lipinski definition) is 2. The van der Waals surface area contributed by atoms with Gasteiger partial charge in [-0.15, -0.1) is 0 Å². The lowest BCUT2D eigenvalue weighted by molar-refractivity contribution is -0.121. The van der Waals surface area contributed by atoms with Gasteiger partial charge < -0.3 is 19.4 Å². The van der Waals surface area contributed by atoms with E-state index in [0.717, 1.165) is 28.5 Å². The monoisotopic (exact) mass is 490 g/mol. The van der Waals surface area contributed by atoms with Gasteiger partial charge in [-0.25, -0.2) is 0 Å². The van der Waals surface area contributed by atoms with Crippen LogP contribution in [0.4, 0.5) is 0 Å². The second-order valence-corrected chi connectivity index (χ2v) is 9.98. The zero-order chi connectivity index (χ0) is 26.9. The van der Waals surface area contributed by atoms with Gasteiger partial charge in [-0.2, -0.15) is 0 Å². The first-order chi connectivity index (χ1) is 17.5. The molecule has 190 valence electrons. The van der Waals surface area contributed by atoms with Crippen LogP contribution in [0.2, 0.25) is 0 Å². The van der Waals surface area contributed by atoms with Gasteiger partial charge in [0.1, 0.15) is 23.2 Å². The molecule has 0 radical (unpaired) electrons. The van der Waals surface area contributed by atoms with E-state index in [1.807, 2.05) is 32.0 Å². The zero-order valence-electron chi connectivity index (χ0n) is 22.8. The van der Waals surface area contributed by atoms with E-state index in [0.29, 0.717) is 46.4 Å². The summed E-state index contributed by atoms with van der Waals surface area (Å²) in [7, 11) is 0. The van der Waals surface area contributed by atoms with Gasteiger partial charge in [0.2, 0.25) is 5.91 Å². The first-order valence-electron chi connectivity index (χ1n) is 12.8. The maximum Gasteiger partial charge on any atom is 0.224 e. The highest BCUT2D eigenvalue weighted by molar-refractivity contribution is 5.83. The molecule has 0 saturated carbocycles. The van der Waals surface area contributed by atoms with Crippen LogP contribution in [0.5, 0.6) is 0 Å². The van der Waals surface area contributed by atoms with E-state index in [1.165, 1.54) is 0 Å². The van der Waals surface area contributed by atoms with Crippen molar-refractivity contribution in [3.63, 3.8) is 0 Å². The minimum absolute atomic E-state index is 0.107. The number of aryl methyl sites for hydroxylation is 4. The molecule has 4 rings (SSSR count). The van der Waals surface area contributed by atoms with Gasteiger partial charge in [0.15, 0.2) is 0 Å². The van der Waals surface area contributed by atoms with Gasteiger partial charge in [-0.3, -0.25) is 9.78 Å². The number of nitrogens with one attached hydrogen (secondary N) is 1. The summed E-state index contributed by atoms with van der Waals surface area (Å²) in [5.74, 6) is 1.06. The Morgan fingerprint density at radius 3 is 2.58 bits per heavy atom. The van der Waals surface area contributed by atoms with E-state index in [-0.39, 0.29) is 12.3 Å². The van der Waals surface area contributed by atoms with Gasteiger partial charge in [0.25, 0.3) is 0 Å². The van der Waals surface area contributed by atoms with Crippen LogP contribution in [0.1, 0.15) is 85.3 Å². The van der Waals surface area contributed by atoms with E-state index >= 15 is 0 Å². The molecule has 0 fully saturated rings. The Hall–Kier alpha value is -3.45. The highest BCUT2D eigenvalue weighted by Crippen LogP contribution is 2.32. The minimum atomic E-state index is -1.31. The van der Waals surface area contributed by atoms with Crippen LogP contribution in [-0.2, 0) is 11.2 Å². The largest absolute Gasteiger partial charge is 0.458 e. The fourth-order valence-corrected chi connectivity index (χ4v) is 4.48. The van der Waals surface area contributed by atoms with Crippen LogP contribution in [0.15, 0.2) is 45.5 Å². The summed E-state index contributed by atoms with van der Waals surface area (Å²) in [4.78, 5) is 17.7. The Bertz CT molecular complexity index is 1400. The molecule has 7 heteroatoms. The van der Waals surface area contributed by atoms with Gasteiger partial charge in [0, 0.05) is 11.6 Å². The SMILES string of the molecule is [2H]C(CCC(C)C)(NC(=O)Cc1ccc2oc(C(O)c3c(C)noc3C)cc2c1)c1ncc(C)cc1C. The van der Waals surface area contributed by atoms with E-state index in [2.05, 4.69) is 29.3 Å². The average Bonchev–Trinajstić information content (AvgIpc) is 3.39. The topological polar surface area (TPSA) is 101 Å². The normalized spacial score (nSPS) is 14.6. The van der Waals surface area contributed by atoms with Gasteiger partial charge >= 0.3 is 0 Å². The number of fused-ring (bicyclic) bond motifs is 1. The number of aromatic nitrogens is 2. The molecule has 3 heterocycles. The zero-order valence-corrected chi connectivity index (χ0v) is 21.8. The summed E-state index contributed by atoms with van der Waals surface area (Å²) in [5.41, 5.74) is 5.08. The number of furan rings is 1. The van der Waals surface area contributed by atoms with Crippen LogP contribution < -0.4 is 5.32 Å². The van der Waals surface area contributed by atoms with Gasteiger partial charge in [-0.1, -0.05) is 31.1 Å². The average molecular weight is 491 g/mol. The number of pyridine rings is 1. The molecular weight excluding hydrogens is 454 g/mol. The molecule has 3 aromatic heterocycles. The number of aliphatic hydroxyl groups excluding tert-OH is 1. The predicted molar refractivity (Wildman–Crippen MR) is 139 cm³/mol. The Morgan fingerprint density at radius 1 is 1.14 bits per heavy atom. The molecule has 1 amide bonds. The number of hydrogen-bond acceptors (Lipinski definition) is 6. The lowest BCUT2D eigenvalue weighted by Gasteiger charge is -2.21. The second-order valence-electron chi connectivity index (χ2n) is 9.98. The van der Waals surface area contributed by atoms with Crippen molar-refractivity contribution in [3.8, 4) is 0 Å². The maximum atomic E-state index is 13.2. The molecule has 0 saturated heterocycles. The Labute approximate surface area is 213 Å². The Balaban J connectivity index is 1.54. The highest BCUT2D eigenvalue weighted by Gasteiger charge is 2.24. The summed E-state index contributed by atoms with van der Waals surface area (Å²) < 4.78 is 20.3. The van der Waals surface area contributed by atoms with Crippen molar-refractivity contribution in [1.82, 2.24) is 15.5 Å². The molecule has 0 bridgehead atoms. The molecule has 0 aliphatic heterocycles. The lowest BCUT2D eigenvalue weighted by atomic mass is 9.97. The molecular formula is C29H35N3O4. The maximum absolute atomic E-state index is 13.2. The standard InChI is InChI=1S/C29H35N3O4/c1-16(2)7-9-23(28-18(4)11-17(3)15-30-28)31-26(33)13-21-8-10-24-22(12-21)14-25(35-24)29(34)27-19(5)32-36-20(27)6/h8,10-12,14-16,23,29,34H,7,9,13H2,1-6H3,(H,31,33)/i23D. The molecule has 0 aliphatic carbocycles. The van der Waals surface area contributed by atoms with E-state index in [1.54, 1.807) is 32.2 Å². The summed E-state index contributed by atoms with van der Waals surface area (Å²) in [6.07, 6.45) is 2.11. The third kappa shape index (κ3) is 5.68. The Kier molecular flexibility index (Phi) is 7.18. The van der Waals surface area contributed by atoms with Crippen LogP contribution in [-0.4, -0.2) is 21.2 Å². The smallest absolute Gasteiger partial charge is 0.224 e. The first-order valence-corrected chi connectivity index (χ1v) is 12.3. The van der Waals surface area contributed by atoms with Crippen LogP contribution in [0.25, 0.3) is 11.0 Å². The van der Waals surface area contributed by atoms with Gasteiger partial charge in [-0.05, 0) is 81.3 Å². The van der Waals surface area contributed by atoms with Crippen molar-refractivity contribution in [2.45, 2.75) is 72.9 Å². The number of amides is 1. The Morgan fingerprint density at radius 2 is 1.92 bits per heavy atom. The number of nitrogens with zero attached hydrogens (tertiary/aromatic N) is 2. The highest BCUT2D eigenvalue weighted by atomic mass is 16.5. The molecule has 2 N–H and O–H groups in total. The van der Waals surface area contributed by atoms with Crippen LogP contribution in [0, 0.1) is 33.6 Å². The molecule has 0 spiro atoms. The number of rotatable bonds is 9. The van der Waals surface area contributed by atoms with Crippen molar-refractivity contribution < 1.29 is 20.2 Å². The van der Waals surface area contributed by atoms with E-state index in [4.69, 9.17) is 8.94 Å². The number of benzene rings is 1. The third-order valence-electron chi connectivity index (χ3n) is 6.36. The fourth-order valence-electron chi connectivity index (χ4n) is 4.48. The molecule has 36 heavy (non-hydrogen) atoms. The fraction of sp³-hybridized carbons (Fsp3) is 0.414. The molecule has 7 nitrogen and oxygen atoms in total. The second kappa shape index (κ2) is 10.7. The minimum Gasteiger partial charge on any atom is -0.458 e. The third-order valence-corrected chi connectivity index (χ3v) is 6.36. The number of aliphatic hydroxyl groups is 1. The summed E-state index contributed by atoms with van der Waals surface area (Å²) in [5, 5.41) is 18.5. The van der Waals surface area contributed by atoms with Crippen molar-refractivity contribution in [3.05, 3.63) is 81.7 Å². The van der Waals surface area contributed by atoms with E-state index < -0.39 is 12.1 Å². The number of carbonyl (C=O) groups excluding carboxylic acids is 1. The molecule has 4 aromatic rings. The van der Waals surface area contributed by atoms with Crippen molar-refractivity contribution in [1.29, 1.82) is 0 Å². The lowest BCUT2D eigenvalue weighted by Crippen LogP contribution is -2.31. The predicted octanol–water partition coefficient (Wildman–Crippen LogP) is 5.97. The number of carbonyl (C=O) groups is 1. The van der Waals surface area contributed by atoms with Crippen LogP contribution >= 0.6 is 0 Å². The van der Waals surface area contributed by atoms with Gasteiger partial charge in [0.05, 0.1) is 30.8 Å². The van der Waals surface area contributed by atoms with Crippen LogP contribution in [0.3, 0.4) is 0 Å². The molecule has 2 unspecified atom stereocenters. The van der Waals surface area contributed by atoms with Crippen molar-refractivity contribution >= 4 is 16.9 Å². The molecule has 2 atom stereocenters. The summed E-state index contributed by atoms with van der Waals surface area (Å²) >= 11 is 0. The van der Waals surface area contributed by atoms with Crippen molar-refractivity contribution in [2.24, 2.45) is 5.92 Å². The summed E-state index contributed by atoms with van der Waals surface area (Å²) in [6.45, 7) is 11.6. The van der Waals surface area contributed by atoms with E-state index in [9.17, 15) is 11.3 Å². The summed E-state index contributed by atoms with van der Waals surface area (Å²) in [6, 6.07) is 7.94.